The number of rotatable bonds is 9. The molecule has 1 aromatic carbocycles. The molecule has 0 spiro atoms. The highest BCUT2D eigenvalue weighted by Crippen LogP contribution is 2.33. The Morgan fingerprint density at radius 2 is 0.833 bits per heavy atom. The van der Waals surface area contributed by atoms with E-state index in [1.807, 2.05) is 20.8 Å². The summed E-state index contributed by atoms with van der Waals surface area (Å²) in [6.45, 7) is 6.66. The Hall–Kier alpha value is -3.96. The lowest BCUT2D eigenvalue weighted by Crippen LogP contribution is -1.90. The summed E-state index contributed by atoms with van der Waals surface area (Å²) in [5, 5.41) is 23.6. The minimum absolute atomic E-state index is 0.0623. The third kappa shape index (κ3) is 4.06. The van der Waals surface area contributed by atoms with Crippen LogP contribution < -0.4 is 14.2 Å². The molecular weight excluding hydrogens is 396 g/mol. The predicted molar refractivity (Wildman–Crippen MR) is 99.8 cm³/mol. The van der Waals surface area contributed by atoms with Gasteiger partial charge in [-0.3, -0.25) is 0 Å². The van der Waals surface area contributed by atoms with Gasteiger partial charge in [-0.05, 0) is 39.0 Å². The molecule has 0 N–H and O–H groups in total. The second-order valence-electron chi connectivity index (χ2n) is 5.72. The van der Waals surface area contributed by atoms with Gasteiger partial charge in [-0.1, -0.05) is 15.3 Å². The van der Waals surface area contributed by atoms with Gasteiger partial charge in [-0.2, -0.15) is 0 Å². The molecular formula is C18H18N6O6. The van der Waals surface area contributed by atoms with Gasteiger partial charge in [0.1, 0.15) is 0 Å². The SMILES string of the molecule is CCOc1nnc(-c2cc(-c3nnc(OCC)o3)cc(-c3nnc(OCC)o3)c2)o1. The van der Waals surface area contributed by atoms with E-state index in [0.717, 1.165) is 0 Å². The van der Waals surface area contributed by atoms with E-state index in [9.17, 15) is 0 Å². The van der Waals surface area contributed by atoms with Crippen molar-refractivity contribution in [2.45, 2.75) is 20.8 Å². The maximum atomic E-state index is 5.55. The Morgan fingerprint density at radius 3 is 1.10 bits per heavy atom. The molecule has 3 heterocycles. The smallest absolute Gasteiger partial charge is 0.414 e. The third-order valence-corrected chi connectivity index (χ3v) is 3.70. The molecule has 0 atom stereocenters. The molecule has 0 aliphatic carbocycles. The van der Waals surface area contributed by atoms with E-state index in [0.29, 0.717) is 36.5 Å². The standard InChI is InChI=1S/C18H18N6O6/c1-4-25-16-22-19-13(28-16)10-7-11(14-20-23-17(29-14)26-5-2)9-12(8-10)15-21-24-18(30-15)27-6-3/h7-9H,4-6H2,1-3H3. The van der Waals surface area contributed by atoms with Crippen LogP contribution in [0, 0.1) is 0 Å². The van der Waals surface area contributed by atoms with E-state index >= 15 is 0 Å². The maximum absolute atomic E-state index is 5.55. The van der Waals surface area contributed by atoms with Crippen molar-refractivity contribution in [3.63, 3.8) is 0 Å². The van der Waals surface area contributed by atoms with Crippen LogP contribution in [0.3, 0.4) is 0 Å². The van der Waals surface area contributed by atoms with Gasteiger partial charge in [0.15, 0.2) is 0 Å². The van der Waals surface area contributed by atoms with Crippen LogP contribution in [0.1, 0.15) is 20.8 Å². The summed E-state index contributed by atoms with van der Waals surface area (Å²) >= 11 is 0. The highest BCUT2D eigenvalue weighted by atomic mass is 16.6. The fraction of sp³-hybridized carbons (Fsp3) is 0.333. The van der Waals surface area contributed by atoms with Crippen LogP contribution >= 0.6 is 0 Å². The molecule has 0 aliphatic rings. The monoisotopic (exact) mass is 414 g/mol. The molecule has 0 saturated carbocycles. The molecule has 0 amide bonds. The summed E-state index contributed by atoms with van der Waals surface area (Å²) in [4.78, 5) is 0. The van der Waals surface area contributed by atoms with Crippen molar-refractivity contribution in [1.29, 1.82) is 0 Å². The second-order valence-corrected chi connectivity index (χ2v) is 5.72. The largest absolute Gasteiger partial charge is 0.449 e. The molecule has 0 unspecified atom stereocenters. The van der Waals surface area contributed by atoms with Crippen molar-refractivity contribution in [3.8, 4) is 52.6 Å². The number of aromatic nitrogens is 6. The van der Waals surface area contributed by atoms with E-state index in [2.05, 4.69) is 30.6 Å². The van der Waals surface area contributed by atoms with E-state index in [4.69, 9.17) is 27.5 Å². The second kappa shape index (κ2) is 8.59. The van der Waals surface area contributed by atoms with Crippen molar-refractivity contribution in [3.05, 3.63) is 18.2 Å². The summed E-state index contributed by atoms with van der Waals surface area (Å²) in [6.07, 6.45) is 0.187. The average molecular weight is 414 g/mol. The van der Waals surface area contributed by atoms with Gasteiger partial charge < -0.3 is 27.5 Å². The molecule has 30 heavy (non-hydrogen) atoms. The zero-order chi connectivity index (χ0) is 20.9. The van der Waals surface area contributed by atoms with Crippen molar-refractivity contribution in [2.75, 3.05) is 19.8 Å². The topological polar surface area (TPSA) is 144 Å². The number of hydrogen-bond acceptors (Lipinski definition) is 12. The van der Waals surface area contributed by atoms with Crippen LogP contribution in [-0.4, -0.2) is 50.4 Å². The minimum atomic E-state index is 0.0623. The van der Waals surface area contributed by atoms with Crippen LogP contribution in [-0.2, 0) is 0 Å². The molecule has 0 saturated heterocycles. The summed E-state index contributed by atoms with van der Waals surface area (Å²) < 4.78 is 32.4. The van der Waals surface area contributed by atoms with Crippen molar-refractivity contribution in [2.24, 2.45) is 0 Å². The normalized spacial score (nSPS) is 10.9. The molecule has 0 bridgehead atoms. The molecule has 0 fully saturated rings. The summed E-state index contributed by atoms with van der Waals surface area (Å²) in [5.74, 6) is 0.696. The molecule has 12 heteroatoms. The van der Waals surface area contributed by atoms with Crippen LogP contribution in [0.2, 0.25) is 0 Å². The van der Waals surface area contributed by atoms with Crippen molar-refractivity contribution < 1.29 is 27.5 Å². The minimum Gasteiger partial charge on any atom is -0.449 e. The number of hydrogen-bond donors (Lipinski definition) is 0. The Morgan fingerprint density at radius 1 is 0.533 bits per heavy atom. The summed E-state index contributed by atoms with van der Waals surface area (Å²) in [6, 6.07) is 5.24. The molecule has 0 radical (unpaired) electrons. The van der Waals surface area contributed by atoms with Gasteiger partial charge in [0.05, 0.1) is 19.8 Å². The first-order valence-corrected chi connectivity index (χ1v) is 9.25. The third-order valence-electron chi connectivity index (χ3n) is 3.70. The quantitative estimate of drug-likeness (QED) is 0.397. The van der Waals surface area contributed by atoms with Gasteiger partial charge in [0, 0.05) is 16.7 Å². The highest BCUT2D eigenvalue weighted by molar-refractivity contribution is 5.73. The van der Waals surface area contributed by atoms with Crippen LogP contribution in [0.4, 0.5) is 0 Å². The summed E-state index contributed by atoms with van der Waals surface area (Å²) in [7, 11) is 0. The Labute approximate surface area is 170 Å². The van der Waals surface area contributed by atoms with Gasteiger partial charge in [-0.15, -0.1) is 15.3 Å². The molecule has 4 aromatic rings. The zero-order valence-corrected chi connectivity index (χ0v) is 16.5. The van der Waals surface area contributed by atoms with Crippen LogP contribution in [0.15, 0.2) is 31.5 Å². The van der Waals surface area contributed by atoms with Crippen molar-refractivity contribution >= 4 is 0 Å². The van der Waals surface area contributed by atoms with E-state index < -0.39 is 0 Å². The number of ether oxygens (including phenoxy) is 3. The van der Waals surface area contributed by atoms with E-state index in [-0.39, 0.29) is 35.9 Å². The molecule has 0 aliphatic heterocycles. The fourth-order valence-electron chi connectivity index (χ4n) is 2.52. The Kier molecular flexibility index (Phi) is 5.54. The molecule has 156 valence electrons. The van der Waals surface area contributed by atoms with Gasteiger partial charge in [0.25, 0.3) is 17.7 Å². The van der Waals surface area contributed by atoms with E-state index in [1.165, 1.54) is 0 Å². The fourth-order valence-corrected chi connectivity index (χ4v) is 2.52. The maximum Gasteiger partial charge on any atom is 0.414 e. The Balaban J connectivity index is 1.77. The number of nitrogens with zero attached hydrogens (tertiary/aromatic N) is 6. The lowest BCUT2D eigenvalue weighted by Gasteiger charge is -2.03. The van der Waals surface area contributed by atoms with Gasteiger partial charge >= 0.3 is 18.2 Å². The molecule has 12 nitrogen and oxygen atoms in total. The lowest BCUT2D eigenvalue weighted by atomic mass is 10.1. The first-order valence-electron chi connectivity index (χ1n) is 9.25. The highest BCUT2D eigenvalue weighted by Gasteiger charge is 2.19. The first kappa shape index (κ1) is 19.4. The van der Waals surface area contributed by atoms with E-state index in [1.54, 1.807) is 18.2 Å². The molecule has 4 rings (SSSR count). The van der Waals surface area contributed by atoms with Crippen LogP contribution in [0.25, 0.3) is 34.4 Å². The zero-order valence-electron chi connectivity index (χ0n) is 16.5. The van der Waals surface area contributed by atoms with Gasteiger partial charge in [0.2, 0.25) is 0 Å². The molecule has 3 aromatic heterocycles. The lowest BCUT2D eigenvalue weighted by molar-refractivity contribution is 0.246. The first-order chi connectivity index (χ1) is 14.7. The predicted octanol–water partition coefficient (Wildman–Crippen LogP) is 3.03. The van der Waals surface area contributed by atoms with Gasteiger partial charge in [-0.25, -0.2) is 0 Å². The van der Waals surface area contributed by atoms with Crippen LogP contribution in [0.5, 0.6) is 18.2 Å². The van der Waals surface area contributed by atoms with Crippen molar-refractivity contribution in [1.82, 2.24) is 30.6 Å². The Bertz CT molecular complexity index is 969. The number of benzene rings is 1. The summed E-state index contributed by atoms with van der Waals surface area (Å²) in [5.41, 5.74) is 1.69. The average Bonchev–Trinajstić information content (AvgIpc) is 3.50.